The summed E-state index contributed by atoms with van der Waals surface area (Å²) in [5, 5.41) is 14.6. The Morgan fingerprint density at radius 1 is 1.37 bits per heavy atom. The van der Waals surface area contributed by atoms with Crippen molar-refractivity contribution in [3.63, 3.8) is 0 Å². The lowest BCUT2D eigenvalue weighted by Crippen LogP contribution is -2.48. The molecule has 11 heteroatoms. The summed E-state index contributed by atoms with van der Waals surface area (Å²) < 4.78 is 32.7. The van der Waals surface area contributed by atoms with Crippen LogP contribution in [0.2, 0.25) is 0 Å². The van der Waals surface area contributed by atoms with Crippen molar-refractivity contribution >= 4 is 28.1 Å². The van der Waals surface area contributed by atoms with Crippen molar-refractivity contribution in [3.05, 3.63) is 58.4 Å². The van der Waals surface area contributed by atoms with Crippen LogP contribution >= 0.6 is 12.4 Å². The van der Waals surface area contributed by atoms with Crippen LogP contribution in [0.3, 0.4) is 0 Å². The smallest absolute Gasteiger partial charge is 0.293 e. The number of piperazine rings is 1. The molecule has 1 aromatic carbocycles. The molecule has 0 bridgehead atoms. The summed E-state index contributed by atoms with van der Waals surface area (Å²) in [4.78, 5) is 14.4. The van der Waals surface area contributed by atoms with Crippen LogP contribution in [-0.4, -0.2) is 49.4 Å². The fourth-order valence-corrected chi connectivity index (χ4v) is 4.70. The number of rotatable bonds is 5. The Morgan fingerprint density at radius 3 is 2.78 bits per heavy atom. The van der Waals surface area contributed by atoms with E-state index in [1.165, 1.54) is 23.5 Å². The summed E-state index contributed by atoms with van der Waals surface area (Å²) in [5.74, 6) is 0.222. The average molecular weight is 415 g/mol. The lowest BCUT2D eigenvalue weighted by molar-refractivity contribution is -0.387. The number of methoxy groups -OCH3 is 1. The van der Waals surface area contributed by atoms with Crippen LogP contribution < -0.4 is 10.1 Å². The van der Waals surface area contributed by atoms with Gasteiger partial charge in [0.15, 0.2) is 4.90 Å². The average Bonchev–Trinajstić information content (AvgIpc) is 2.68. The van der Waals surface area contributed by atoms with Crippen molar-refractivity contribution in [2.45, 2.75) is 10.9 Å². The highest BCUT2D eigenvalue weighted by Crippen LogP contribution is 2.34. The van der Waals surface area contributed by atoms with Crippen LogP contribution in [0.1, 0.15) is 11.6 Å². The molecule has 1 atom stereocenters. The predicted molar refractivity (Wildman–Crippen MR) is 101 cm³/mol. The fourth-order valence-electron chi connectivity index (χ4n) is 2.94. The number of halogens is 1. The number of pyridine rings is 1. The van der Waals surface area contributed by atoms with E-state index in [1.807, 2.05) is 0 Å². The Morgan fingerprint density at radius 2 is 2.15 bits per heavy atom. The Bertz CT molecular complexity index is 910. The highest BCUT2D eigenvalue weighted by Gasteiger charge is 2.38. The molecule has 1 aromatic heterocycles. The zero-order valence-corrected chi connectivity index (χ0v) is 16.1. The Kier molecular flexibility index (Phi) is 6.71. The molecule has 1 aliphatic heterocycles. The molecule has 0 radical (unpaired) electrons. The molecule has 0 saturated carbocycles. The monoisotopic (exact) mass is 414 g/mol. The molecule has 9 nitrogen and oxygen atoms in total. The van der Waals surface area contributed by atoms with Gasteiger partial charge in [0.25, 0.3) is 15.7 Å². The molecule has 1 aliphatic rings. The third-order valence-electron chi connectivity index (χ3n) is 4.21. The molecule has 27 heavy (non-hydrogen) atoms. The molecule has 1 saturated heterocycles. The highest BCUT2D eigenvalue weighted by atomic mass is 35.5. The van der Waals surface area contributed by atoms with Crippen molar-refractivity contribution in [2.75, 3.05) is 26.7 Å². The van der Waals surface area contributed by atoms with Gasteiger partial charge in [-0.15, -0.1) is 12.4 Å². The van der Waals surface area contributed by atoms with E-state index in [2.05, 4.69) is 10.3 Å². The third-order valence-corrected chi connectivity index (χ3v) is 6.17. The summed E-state index contributed by atoms with van der Waals surface area (Å²) >= 11 is 0. The summed E-state index contributed by atoms with van der Waals surface area (Å²) in [7, 11) is -2.73. The van der Waals surface area contributed by atoms with Crippen LogP contribution in [0.4, 0.5) is 5.69 Å². The number of nitrogens with one attached hydrogen (secondary N) is 1. The first-order valence-electron chi connectivity index (χ1n) is 7.90. The van der Waals surface area contributed by atoms with Crippen molar-refractivity contribution < 1.29 is 18.1 Å². The number of nitro groups is 1. The third kappa shape index (κ3) is 4.19. The maximum Gasteiger partial charge on any atom is 0.293 e. The maximum absolute atomic E-state index is 13.2. The predicted octanol–water partition coefficient (Wildman–Crippen LogP) is 1.76. The summed E-state index contributed by atoms with van der Waals surface area (Å²) in [6.45, 7) is 1.06. The van der Waals surface area contributed by atoms with E-state index in [-0.39, 0.29) is 29.6 Å². The molecule has 0 aliphatic carbocycles. The van der Waals surface area contributed by atoms with Gasteiger partial charge >= 0.3 is 0 Å². The molecule has 3 rings (SSSR count). The lowest BCUT2D eigenvalue weighted by Gasteiger charge is -2.35. The first-order chi connectivity index (χ1) is 12.4. The zero-order chi connectivity index (χ0) is 18.7. The number of aromatic nitrogens is 1. The second kappa shape index (κ2) is 8.61. The summed E-state index contributed by atoms with van der Waals surface area (Å²) in [6.07, 6.45) is 3.20. The van der Waals surface area contributed by atoms with E-state index in [4.69, 9.17) is 4.74 Å². The van der Waals surface area contributed by atoms with E-state index in [0.29, 0.717) is 13.1 Å². The normalized spacial score (nSPS) is 17.7. The van der Waals surface area contributed by atoms with Gasteiger partial charge in [-0.25, -0.2) is 8.42 Å². The second-order valence-electron chi connectivity index (χ2n) is 5.71. The van der Waals surface area contributed by atoms with Gasteiger partial charge in [-0.3, -0.25) is 15.1 Å². The molecule has 0 spiro atoms. The van der Waals surface area contributed by atoms with Crippen LogP contribution in [0.25, 0.3) is 0 Å². The van der Waals surface area contributed by atoms with Gasteiger partial charge in [-0.2, -0.15) is 4.31 Å². The van der Waals surface area contributed by atoms with Crippen molar-refractivity contribution in [1.29, 1.82) is 0 Å². The first kappa shape index (κ1) is 21.0. The fraction of sp³-hybridized carbons (Fsp3) is 0.312. The lowest BCUT2D eigenvalue weighted by atomic mass is 10.1. The number of hydrogen-bond donors (Lipinski definition) is 1. The van der Waals surface area contributed by atoms with Crippen molar-refractivity contribution in [1.82, 2.24) is 14.6 Å². The molecular formula is C16H19ClN4O5S. The molecular weight excluding hydrogens is 396 g/mol. The second-order valence-corrected chi connectivity index (χ2v) is 7.57. The molecule has 2 heterocycles. The van der Waals surface area contributed by atoms with Crippen molar-refractivity contribution in [3.8, 4) is 5.75 Å². The van der Waals surface area contributed by atoms with E-state index in [9.17, 15) is 18.5 Å². The van der Waals surface area contributed by atoms with Gasteiger partial charge < -0.3 is 10.1 Å². The van der Waals surface area contributed by atoms with Crippen LogP contribution in [0, 0.1) is 10.1 Å². The maximum atomic E-state index is 13.2. The van der Waals surface area contributed by atoms with E-state index >= 15 is 0 Å². The Balaban J connectivity index is 0.00000261. The molecule has 1 N–H and O–H groups in total. The largest absolute Gasteiger partial charge is 0.497 e. The minimum absolute atomic E-state index is 0. The number of ether oxygens (including phenoxy) is 1. The van der Waals surface area contributed by atoms with Gasteiger partial charge in [0.05, 0.1) is 24.1 Å². The van der Waals surface area contributed by atoms with Crippen molar-refractivity contribution in [2.24, 2.45) is 0 Å². The standard InChI is InChI=1S/C16H18N4O5S.ClH/c1-25-13-4-5-16(14(9-13)20(21)22)26(23,24)19-8-7-18-11-15(19)12-3-2-6-17-10-12;/h2-6,9-10,15,18H,7-8,11H2,1H3;1H. The van der Waals surface area contributed by atoms with E-state index in [0.717, 1.165) is 11.6 Å². The molecule has 1 fully saturated rings. The number of nitro benzene ring substituents is 1. The van der Waals surface area contributed by atoms with E-state index < -0.39 is 26.7 Å². The molecule has 2 aromatic rings. The summed E-state index contributed by atoms with van der Waals surface area (Å²) in [6, 6.07) is 6.76. The Hall–Kier alpha value is -2.27. The quantitative estimate of drug-likeness (QED) is 0.585. The molecule has 1 unspecified atom stereocenters. The SMILES string of the molecule is COc1ccc(S(=O)(=O)N2CCNCC2c2cccnc2)c([N+](=O)[O-])c1.Cl. The van der Waals surface area contributed by atoms with Gasteiger partial charge in [0.1, 0.15) is 5.75 Å². The minimum atomic E-state index is -4.09. The minimum Gasteiger partial charge on any atom is -0.497 e. The summed E-state index contributed by atoms with van der Waals surface area (Å²) in [5.41, 5.74) is 0.215. The molecule has 146 valence electrons. The number of hydrogen-bond acceptors (Lipinski definition) is 7. The van der Waals surface area contributed by atoms with Gasteiger partial charge in [-0.05, 0) is 23.8 Å². The zero-order valence-electron chi connectivity index (χ0n) is 14.4. The van der Waals surface area contributed by atoms with E-state index in [1.54, 1.807) is 24.5 Å². The highest BCUT2D eigenvalue weighted by molar-refractivity contribution is 7.89. The van der Waals surface area contributed by atoms with Gasteiger partial charge in [0.2, 0.25) is 0 Å². The van der Waals surface area contributed by atoms with Crippen LogP contribution in [-0.2, 0) is 10.0 Å². The van der Waals surface area contributed by atoms with Crippen LogP contribution in [0.5, 0.6) is 5.75 Å². The Labute approximate surface area is 163 Å². The topological polar surface area (TPSA) is 115 Å². The number of nitrogens with zero attached hydrogens (tertiary/aromatic N) is 3. The first-order valence-corrected chi connectivity index (χ1v) is 9.34. The molecule has 0 amide bonds. The van der Waals surface area contributed by atoms with Gasteiger partial charge in [0, 0.05) is 32.0 Å². The van der Waals surface area contributed by atoms with Crippen LogP contribution in [0.15, 0.2) is 47.6 Å². The number of benzene rings is 1. The van der Waals surface area contributed by atoms with Gasteiger partial charge in [-0.1, -0.05) is 6.07 Å². The number of sulfonamides is 1.